The van der Waals surface area contributed by atoms with Crippen LogP contribution >= 0.6 is 0 Å². The van der Waals surface area contributed by atoms with Gasteiger partial charge in [-0.15, -0.1) is 0 Å². The number of hydrogen-bond acceptors (Lipinski definition) is 3. The van der Waals surface area contributed by atoms with Gasteiger partial charge in [-0.25, -0.2) is 4.79 Å². The molecule has 3 nitrogen and oxygen atoms in total. The van der Waals surface area contributed by atoms with E-state index >= 15 is 0 Å². The summed E-state index contributed by atoms with van der Waals surface area (Å²) in [7, 11) is 1.34. The lowest BCUT2D eigenvalue weighted by Crippen LogP contribution is -2.07. The lowest BCUT2D eigenvalue weighted by atomic mass is 9.99. The van der Waals surface area contributed by atoms with Gasteiger partial charge < -0.3 is 4.74 Å². The Labute approximate surface area is 106 Å². The van der Waals surface area contributed by atoms with E-state index in [4.69, 9.17) is 0 Å². The summed E-state index contributed by atoms with van der Waals surface area (Å²) in [5.41, 5.74) is 0.527. The second-order valence-electron chi connectivity index (χ2n) is 4.85. The minimum Gasteiger partial charge on any atom is -0.466 e. The maximum atomic E-state index is 12.2. The van der Waals surface area contributed by atoms with Crippen molar-refractivity contribution in [2.45, 2.75) is 13.3 Å². The minimum absolute atomic E-state index is 0.0270. The molecule has 1 fully saturated rings. The quantitative estimate of drug-likeness (QED) is 0.464. The average molecular weight is 244 g/mol. The van der Waals surface area contributed by atoms with Gasteiger partial charge in [0, 0.05) is 17.6 Å². The van der Waals surface area contributed by atoms with Crippen LogP contribution in [0.15, 0.2) is 42.5 Å². The zero-order valence-electron chi connectivity index (χ0n) is 10.6. The van der Waals surface area contributed by atoms with E-state index in [0.29, 0.717) is 0 Å². The summed E-state index contributed by atoms with van der Waals surface area (Å²) in [5, 5.41) is 0. The Morgan fingerprint density at radius 1 is 1.33 bits per heavy atom. The van der Waals surface area contributed by atoms with Gasteiger partial charge in [0.15, 0.2) is 5.78 Å². The number of Topliss-reactive ketones (excluding diaryl/α,β-unsaturated/α-hetero) is 1. The highest BCUT2D eigenvalue weighted by Crippen LogP contribution is 2.54. The van der Waals surface area contributed by atoms with Gasteiger partial charge in [-0.1, -0.05) is 43.3 Å². The van der Waals surface area contributed by atoms with Gasteiger partial charge in [-0.05, 0) is 11.8 Å². The van der Waals surface area contributed by atoms with Crippen LogP contribution in [0.1, 0.15) is 23.7 Å². The number of benzene rings is 1. The van der Waals surface area contributed by atoms with Crippen LogP contribution in [0.3, 0.4) is 0 Å². The zero-order valence-corrected chi connectivity index (χ0v) is 10.6. The molecular weight excluding hydrogens is 228 g/mol. The number of ether oxygens (including phenoxy) is 1. The highest BCUT2D eigenvalue weighted by Gasteiger charge is 2.52. The molecule has 2 unspecified atom stereocenters. The van der Waals surface area contributed by atoms with Gasteiger partial charge in [-0.2, -0.15) is 0 Å². The van der Waals surface area contributed by atoms with E-state index in [-0.39, 0.29) is 23.1 Å². The third kappa shape index (κ3) is 2.50. The maximum absolute atomic E-state index is 12.2. The standard InChI is InChI=1S/C15H16O3/c1-15(9-8-13(16)18-2)10-12(15)14(17)11-6-4-3-5-7-11/h3-9,12H,10H2,1-2H3/b9-8+. The van der Waals surface area contributed by atoms with Crippen molar-refractivity contribution < 1.29 is 14.3 Å². The summed E-state index contributed by atoms with van der Waals surface area (Å²) in [6.45, 7) is 1.98. The average Bonchev–Trinajstić information content (AvgIpc) is 3.09. The topological polar surface area (TPSA) is 43.4 Å². The molecule has 94 valence electrons. The summed E-state index contributed by atoms with van der Waals surface area (Å²) in [4.78, 5) is 23.2. The van der Waals surface area contributed by atoms with Crippen LogP contribution in [0.2, 0.25) is 0 Å². The molecule has 1 aliphatic rings. The van der Waals surface area contributed by atoms with Crippen LogP contribution in [0.4, 0.5) is 0 Å². The van der Waals surface area contributed by atoms with E-state index in [2.05, 4.69) is 4.74 Å². The number of hydrogen-bond donors (Lipinski definition) is 0. The molecule has 0 aromatic heterocycles. The number of carbonyl (C=O) groups is 2. The molecule has 0 heterocycles. The lowest BCUT2D eigenvalue weighted by molar-refractivity contribution is -0.134. The molecule has 0 spiro atoms. The first-order valence-corrected chi connectivity index (χ1v) is 5.93. The second kappa shape index (κ2) is 4.77. The van der Waals surface area contributed by atoms with E-state index in [0.717, 1.165) is 12.0 Å². The van der Waals surface area contributed by atoms with Crippen LogP contribution < -0.4 is 0 Å². The Morgan fingerprint density at radius 3 is 2.61 bits per heavy atom. The Kier molecular flexibility index (Phi) is 3.32. The summed E-state index contributed by atoms with van der Waals surface area (Å²) < 4.78 is 4.54. The maximum Gasteiger partial charge on any atom is 0.330 e. The Bertz CT molecular complexity index is 490. The van der Waals surface area contributed by atoms with Gasteiger partial charge in [0.2, 0.25) is 0 Å². The van der Waals surface area contributed by atoms with Crippen LogP contribution in [0, 0.1) is 11.3 Å². The number of rotatable bonds is 4. The van der Waals surface area contributed by atoms with Crippen molar-refractivity contribution in [3.8, 4) is 0 Å². The molecule has 0 radical (unpaired) electrons. The van der Waals surface area contributed by atoms with Gasteiger partial charge in [0.25, 0.3) is 0 Å². The van der Waals surface area contributed by atoms with Gasteiger partial charge in [-0.3, -0.25) is 4.79 Å². The van der Waals surface area contributed by atoms with Crippen LogP contribution in [-0.4, -0.2) is 18.9 Å². The van der Waals surface area contributed by atoms with Crippen molar-refractivity contribution in [2.24, 2.45) is 11.3 Å². The molecular formula is C15H16O3. The molecule has 0 aliphatic heterocycles. The molecule has 18 heavy (non-hydrogen) atoms. The van der Waals surface area contributed by atoms with E-state index < -0.39 is 0 Å². The number of methoxy groups -OCH3 is 1. The Morgan fingerprint density at radius 2 is 2.00 bits per heavy atom. The summed E-state index contributed by atoms with van der Waals surface area (Å²) >= 11 is 0. The van der Waals surface area contributed by atoms with E-state index in [1.165, 1.54) is 13.2 Å². The minimum atomic E-state index is -0.381. The first-order valence-electron chi connectivity index (χ1n) is 5.93. The van der Waals surface area contributed by atoms with Crippen LogP contribution in [-0.2, 0) is 9.53 Å². The molecule has 1 saturated carbocycles. The smallest absolute Gasteiger partial charge is 0.330 e. The zero-order chi connectivity index (χ0) is 13.2. The highest BCUT2D eigenvalue weighted by atomic mass is 16.5. The Hall–Kier alpha value is -1.90. The highest BCUT2D eigenvalue weighted by molar-refractivity contribution is 6.00. The fourth-order valence-electron chi connectivity index (χ4n) is 2.09. The van der Waals surface area contributed by atoms with Crippen molar-refractivity contribution in [1.82, 2.24) is 0 Å². The first-order chi connectivity index (χ1) is 8.57. The summed E-state index contributed by atoms with van der Waals surface area (Å²) in [6, 6.07) is 9.25. The van der Waals surface area contributed by atoms with Crippen molar-refractivity contribution in [3.05, 3.63) is 48.0 Å². The van der Waals surface area contributed by atoms with Crippen molar-refractivity contribution in [2.75, 3.05) is 7.11 Å². The van der Waals surface area contributed by atoms with Crippen molar-refractivity contribution in [1.29, 1.82) is 0 Å². The molecule has 0 saturated heterocycles. The second-order valence-corrected chi connectivity index (χ2v) is 4.85. The molecule has 0 bridgehead atoms. The number of ketones is 1. The number of allylic oxidation sites excluding steroid dienone is 1. The Balaban J connectivity index is 2.04. The van der Waals surface area contributed by atoms with Gasteiger partial charge >= 0.3 is 5.97 Å². The van der Waals surface area contributed by atoms with E-state index in [1.807, 2.05) is 37.3 Å². The molecule has 2 rings (SSSR count). The molecule has 1 aromatic carbocycles. The number of carbonyl (C=O) groups excluding carboxylic acids is 2. The third-order valence-electron chi connectivity index (χ3n) is 3.46. The fraction of sp³-hybridized carbons (Fsp3) is 0.333. The van der Waals surface area contributed by atoms with Gasteiger partial charge in [0.05, 0.1) is 7.11 Å². The van der Waals surface area contributed by atoms with Gasteiger partial charge in [0.1, 0.15) is 0 Å². The molecule has 1 aliphatic carbocycles. The summed E-state index contributed by atoms with van der Waals surface area (Å²) in [5.74, 6) is -0.262. The lowest BCUT2D eigenvalue weighted by Gasteiger charge is -2.04. The summed E-state index contributed by atoms with van der Waals surface area (Å²) in [6.07, 6.45) is 3.97. The fourth-order valence-corrected chi connectivity index (χ4v) is 2.09. The normalized spacial score (nSPS) is 26.0. The predicted octanol–water partition coefficient (Wildman–Crippen LogP) is 2.62. The monoisotopic (exact) mass is 244 g/mol. The molecule has 0 N–H and O–H groups in total. The molecule has 3 heteroatoms. The third-order valence-corrected chi connectivity index (χ3v) is 3.46. The molecule has 0 amide bonds. The van der Waals surface area contributed by atoms with Crippen LogP contribution in [0.25, 0.3) is 0 Å². The molecule has 1 aromatic rings. The van der Waals surface area contributed by atoms with E-state index in [9.17, 15) is 9.59 Å². The SMILES string of the molecule is COC(=O)/C=C/C1(C)CC1C(=O)c1ccccc1. The van der Waals surface area contributed by atoms with Crippen LogP contribution in [0.5, 0.6) is 0 Å². The number of esters is 1. The predicted molar refractivity (Wildman–Crippen MR) is 68.1 cm³/mol. The first kappa shape index (κ1) is 12.6. The molecule has 2 atom stereocenters. The largest absolute Gasteiger partial charge is 0.466 e. The van der Waals surface area contributed by atoms with E-state index in [1.54, 1.807) is 6.08 Å². The van der Waals surface area contributed by atoms with Crippen molar-refractivity contribution in [3.63, 3.8) is 0 Å². The van der Waals surface area contributed by atoms with Crippen molar-refractivity contribution >= 4 is 11.8 Å².